The molecule has 148 valence electrons. The Hall–Kier alpha value is -1.88. The van der Waals surface area contributed by atoms with Crippen molar-refractivity contribution in [3.8, 4) is 5.75 Å². The lowest BCUT2D eigenvalue weighted by Gasteiger charge is -2.28. The molecule has 1 amide bonds. The van der Waals surface area contributed by atoms with Crippen molar-refractivity contribution in [2.75, 3.05) is 39.3 Å². The van der Waals surface area contributed by atoms with Crippen molar-refractivity contribution in [3.63, 3.8) is 0 Å². The molecule has 27 heavy (non-hydrogen) atoms. The number of hydrogen-bond acceptors (Lipinski definition) is 4. The van der Waals surface area contributed by atoms with Crippen molar-refractivity contribution in [2.45, 2.75) is 45.4 Å². The van der Waals surface area contributed by atoms with Gasteiger partial charge in [-0.05, 0) is 62.9 Å². The number of benzene rings is 1. The van der Waals surface area contributed by atoms with Crippen LogP contribution in [0.25, 0.3) is 0 Å². The van der Waals surface area contributed by atoms with Gasteiger partial charge in [0.1, 0.15) is 5.75 Å². The molecule has 0 N–H and O–H groups in total. The first-order valence-electron chi connectivity index (χ1n) is 10.4. The van der Waals surface area contributed by atoms with Gasteiger partial charge in [0.15, 0.2) is 12.4 Å². The van der Waals surface area contributed by atoms with E-state index in [9.17, 15) is 9.59 Å². The number of carbonyl (C=O) groups is 2. The van der Waals surface area contributed by atoms with E-state index in [1.54, 1.807) is 24.3 Å². The molecule has 0 unspecified atom stereocenters. The Bertz CT molecular complexity index is 623. The molecular weight excluding hydrogens is 340 g/mol. The van der Waals surface area contributed by atoms with Crippen molar-refractivity contribution in [1.29, 1.82) is 0 Å². The van der Waals surface area contributed by atoms with Crippen LogP contribution in [0.4, 0.5) is 0 Å². The molecule has 3 rings (SSSR count). The van der Waals surface area contributed by atoms with Gasteiger partial charge in [-0.25, -0.2) is 0 Å². The maximum atomic E-state index is 12.5. The van der Waals surface area contributed by atoms with Gasteiger partial charge in [-0.3, -0.25) is 9.59 Å². The van der Waals surface area contributed by atoms with Gasteiger partial charge in [-0.15, -0.1) is 0 Å². The number of ether oxygens (including phenoxy) is 1. The Morgan fingerprint density at radius 1 is 0.963 bits per heavy atom. The molecule has 0 radical (unpaired) electrons. The average Bonchev–Trinajstić information content (AvgIpc) is 2.93. The fraction of sp³-hybridized carbons (Fsp3) is 0.636. The number of amides is 1. The van der Waals surface area contributed by atoms with Crippen LogP contribution >= 0.6 is 0 Å². The third-order valence-electron chi connectivity index (χ3n) is 5.81. The van der Waals surface area contributed by atoms with Crippen molar-refractivity contribution in [2.24, 2.45) is 5.92 Å². The van der Waals surface area contributed by atoms with Crippen molar-refractivity contribution in [3.05, 3.63) is 29.8 Å². The van der Waals surface area contributed by atoms with Crippen molar-refractivity contribution < 1.29 is 14.3 Å². The van der Waals surface area contributed by atoms with Gasteiger partial charge in [0.05, 0.1) is 0 Å². The second-order valence-corrected chi connectivity index (χ2v) is 7.91. The van der Waals surface area contributed by atoms with Crippen LogP contribution in [0, 0.1) is 5.92 Å². The van der Waals surface area contributed by atoms with Crippen molar-refractivity contribution in [1.82, 2.24) is 9.80 Å². The molecule has 5 nitrogen and oxygen atoms in total. The molecule has 1 aromatic rings. The first-order valence-corrected chi connectivity index (χ1v) is 10.4. The highest BCUT2D eigenvalue weighted by Gasteiger charge is 2.22. The van der Waals surface area contributed by atoms with E-state index in [4.69, 9.17) is 4.74 Å². The summed E-state index contributed by atoms with van der Waals surface area (Å²) in [7, 11) is 0. The van der Waals surface area contributed by atoms with Crippen LogP contribution in [0.3, 0.4) is 0 Å². The molecule has 0 aromatic heterocycles. The average molecular weight is 373 g/mol. The lowest BCUT2D eigenvalue weighted by molar-refractivity contribution is -0.133. The largest absolute Gasteiger partial charge is 0.484 e. The molecule has 1 saturated carbocycles. The number of Topliss-reactive ketones (excluding diaryl/α,β-unsaturated/α-hetero) is 1. The highest BCUT2D eigenvalue weighted by atomic mass is 16.5. The first kappa shape index (κ1) is 19.9. The predicted molar refractivity (Wildman–Crippen MR) is 106 cm³/mol. The van der Waals surface area contributed by atoms with Gasteiger partial charge in [-0.1, -0.05) is 19.3 Å². The Kier molecular flexibility index (Phi) is 7.27. The van der Waals surface area contributed by atoms with Gasteiger partial charge in [-0.2, -0.15) is 0 Å². The third kappa shape index (κ3) is 6.06. The fourth-order valence-electron chi connectivity index (χ4n) is 4.16. The standard InChI is InChI=1S/C22H32N2O3/c1-18(25)20-8-10-21(11-9-20)27-17-22(26)24-13-5-12-23(14-15-24)16-19-6-3-2-4-7-19/h8-11,19H,2-7,12-17H2,1H3. The number of hydrogen-bond donors (Lipinski definition) is 0. The zero-order chi connectivity index (χ0) is 19.1. The first-order chi connectivity index (χ1) is 13.1. The lowest BCUT2D eigenvalue weighted by atomic mass is 9.89. The topological polar surface area (TPSA) is 49.9 Å². The summed E-state index contributed by atoms with van der Waals surface area (Å²) in [5, 5.41) is 0. The van der Waals surface area contributed by atoms with Gasteiger partial charge in [0.2, 0.25) is 0 Å². The quantitative estimate of drug-likeness (QED) is 0.719. The van der Waals surface area contributed by atoms with E-state index in [2.05, 4.69) is 4.90 Å². The summed E-state index contributed by atoms with van der Waals surface area (Å²) in [6.45, 7) is 6.45. The van der Waals surface area contributed by atoms with E-state index in [0.717, 1.165) is 38.5 Å². The van der Waals surface area contributed by atoms with Gasteiger partial charge in [0, 0.05) is 31.7 Å². The number of nitrogens with zero attached hydrogens (tertiary/aromatic N) is 2. The summed E-state index contributed by atoms with van der Waals surface area (Å²) in [6, 6.07) is 6.96. The molecule has 2 fully saturated rings. The lowest BCUT2D eigenvalue weighted by Crippen LogP contribution is -2.39. The number of carbonyl (C=O) groups excluding carboxylic acids is 2. The van der Waals surface area contributed by atoms with E-state index < -0.39 is 0 Å². The van der Waals surface area contributed by atoms with Crippen LogP contribution in [0.2, 0.25) is 0 Å². The van der Waals surface area contributed by atoms with Crippen LogP contribution in [-0.4, -0.2) is 60.8 Å². The van der Waals surface area contributed by atoms with Crippen LogP contribution in [-0.2, 0) is 4.79 Å². The molecule has 1 aliphatic heterocycles. The van der Waals surface area contributed by atoms with Crippen LogP contribution < -0.4 is 4.74 Å². The number of ketones is 1. The van der Waals surface area contributed by atoms with Crippen LogP contribution in [0.5, 0.6) is 5.75 Å². The van der Waals surface area contributed by atoms with E-state index in [1.165, 1.54) is 45.6 Å². The van der Waals surface area contributed by atoms with E-state index >= 15 is 0 Å². The minimum atomic E-state index is 0.0278. The zero-order valence-electron chi connectivity index (χ0n) is 16.5. The van der Waals surface area contributed by atoms with Gasteiger partial charge >= 0.3 is 0 Å². The smallest absolute Gasteiger partial charge is 0.260 e. The zero-order valence-corrected chi connectivity index (χ0v) is 16.5. The van der Waals surface area contributed by atoms with E-state index in [1.807, 2.05) is 4.90 Å². The van der Waals surface area contributed by atoms with Gasteiger partial charge < -0.3 is 14.5 Å². The summed E-state index contributed by atoms with van der Waals surface area (Å²) in [5.74, 6) is 1.55. The van der Waals surface area contributed by atoms with E-state index in [0.29, 0.717) is 11.3 Å². The molecule has 1 aliphatic carbocycles. The summed E-state index contributed by atoms with van der Waals surface area (Å²) in [4.78, 5) is 28.3. The molecule has 0 spiro atoms. The predicted octanol–water partition coefficient (Wildman–Crippen LogP) is 3.38. The fourth-order valence-corrected chi connectivity index (χ4v) is 4.16. The molecule has 2 aliphatic rings. The Balaban J connectivity index is 1.42. The van der Waals surface area contributed by atoms with Crippen LogP contribution in [0.15, 0.2) is 24.3 Å². The SMILES string of the molecule is CC(=O)c1ccc(OCC(=O)N2CCCN(CC3CCCCC3)CC2)cc1. The highest BCUT2D eigenvalue weighted by Crippen LogP contribution is 2.24. The van der Waals surface area contributed by atoms with E-state index in [-0.39, 0.29) is 18.3 Å². The second-order valence-electron chi connectivity index (χ2n) is 7.91. The highest BCUT2D eigenvalue weighted by molar-refractivity contribution is 5.94. The monoisotopic (exact) mass is 372 g/mol. The Morgan fingerprint density at radius 3 is 2.41 bits per heavy atom. The molecule has 0 atom stereocenters. The molecule has 0 bridgehead atoms. The Morgan fingerprint density at radius 2 is 1.70 bits per heavy atom. The summed E-state index contributed by atoms with van der Waals surface area (Å²) in [6.07, 6.45) is 7.94. The molecule has 5 heteroatoms. The molecular formula is C22H32N2O3. The normalized spacial score (nSPS) is 19.5. The maximum absolute atomic E-state index is 12.5. The van der Waals surface area contributed by atoms with Crippen LogP contribution in [0.1, 0.15) is 55.8 Å². The minimum Gasteiger partial charge on any atom is -0.484 e. The summed E-state index contributed by atoms with van der Waals surface area (Å²) < 4.78 is 5.63. The summed E-state index contributed by atoms with van der Waals surface area (Å²) >= 11 is 0. The third-order valence-corrected chi connectivity index (χ3v) is 5.81. The summed E-state index contributed by atoms with van der Waals surface area (Å²) in [5.41, 5.74) is 0.652. The minimum absolute atomic E-state index is 0.0278. The molecule has 1 heterocycles. The molecule has 1 aromatic carbocycles. The second kappa shape index (κ2) is 9.88. The molecule has 1 saturated heterocycles. The van der Waals surface area contributed by atoms with Gasteiger partial charge in [0.25, 0.3) is 5.91 Å². The maximum Gasteiger partial charge on any atom is 0.260 e. The Labute approximate surface area is 162 Å². The van der Waals surface area contributed by atoms with Crippen molar-refractivity contribution >= 4 is 11.7 Å². The number of rotatable bonds is 6.